The molecule has 0 fully saturated rings. The number of carbonyl (C=O) groups excluding carboxylic acids is 1. The molecular formula is C17H11NO3. The second kappa shape index (κ2) is 5.17. The number of ketones is 1. The third kappa shape index (κ3) is 2.27. The monoisotopic (exact) mass is 277 g/mol. The third-order valence-corrected chi connectivity index (χ3v) is 3.30. The lowest BCUT2D eigenvalue weighted by atomic mass is 9.96. The van der Waals surface area contributed by atoms with Gasteiger partial charge in [-0.05, 0) is 18.2 Å². The summed E-state index contributed by atoms with van der Waals surface area (Å²) in [6.45, 7) is 0. The van der Waals surface area contributed by atoms with E-state index in [1.165, 1.54) is 12.1 Å². The van der Waals surface area contributed by atoms with Crippen LogP contribution in [0.4, 0.5) is 0 Å². The lowest BCUT2D eigenvalue weighted by Crippen LogP contribution is -2.10. The van der Waals surface area contributed by atoms with Gasteiger partial charge in [-0.2, -0.15) is 0 Å². The summed E-state index contributed by atoms with van der Waals surface area (Å²) in [6.07, 6.45) is 1.55. The van der Waals surface area contributed by atoms with Crippen LogP contribution in [0.3, 0.4) is 0 Å². The van der Waals surface area contributed by atoms with Crippen molar-refractivity contribution in [2.45, 2.75) is 0 Å². The zero-order valence-electron chi connectivity index (χ0n) is 11.0. The Balaban J connectivity index is 2.20. The standard InChI is InChI=1S/C17H11NO3/c19-16(12-6-1-2-7-14(12)17(20)21)13-9-10-18-15-8-4-3-5-11(13)15/h1-10H,(H,20,21). The van der Waals surface area contributed by atoms with E-state index < -0.39 is 5.97 Å². The van der Waals surface area contributed by atoms with E-state index in [2.05, 4.69) is 4.98 Å². The van der Waals surface area contributed by atoms with Crippen LogP contribution in [0.25, 0.3) is 10.9 Å². The molecule has 0 saturated heterocycles. The Morgan fingerprint density at radius 3 is 2.24 bits per heavy atom. The molecule has 102 valence electrons. The topological polar surface area (TPSA) is 67.3 Å². The van der Waals surface area contributed by atoms with Gasteiger partial charge in [0, 0.05) is 22.7 Å². The van der Waals surface area contributed by atoms with Gasteiger partial charge in [-0.15, -0.1) is 0 Å². The highest BCUT2D eigenvalue weighted by Crippen LogP contribution is 2.21. The maximum atomic E-state index is 12.7. The molecular weight excluding hydrogens is 266 g/mol. The van der Waals surface area contributed by atoms with Crippen LogP contribution in [0.5, 0.6) is 0 Å². The first-order chi connectivity index (χ1) is 10.2. The van der Waals surface area contributed by atoms with Crippen molar-refractivity contribution in [2.24, 2.45) is 0 Å². The molecule has 0 radical (unpaired) electrons. The van der Waals surface area contributed by atoms with Crippen molar-refractivity contribution >= 4 is 22.7 Å². The minimum atomic E-state index is -1.11. The molecule has 4 nitrogen and oxygen atoms in total. The Bertz CT molecular complexity index is 850. The van der Waals surface area contributed by atoms with E-state index in [0.29, 0.717) is 16.5 Å². The fraction of sp³-hybridized carbons (Fsp3) is 0. The minimum absolute atomic E-state index is 0.00314. The SMILES string of the molecule is O=C(O)c1ccccc1C(=O)c1ccnc2ccccc12. The zero-order valence-corrected chi connectivity index (χ0v) is 11.0. The van der Waals surface area contributed by atoms with E-state index in [0.717, 1.165) is 0 Å². The smallest absolute Gasteiger partial charge is 0.336 e. The minimum Gasteiger partial charge on any atom is -0.478 e. The van der Waals surface area contributed by atoms with Gasteiger partial charge >= 0.3 is 5.97 Å². The number of aromatic carboxylic acids is 1. The van der Waals surface area contributed by atoms with Crippen LogP contribution >= 0.6 is 0 Å². The van der Waals surface area contributed by atoms with E-state index in [9.17, 15) is 14.7 Å². The van der Waals surface area contributed by atoms with Crippen LogP contribution < -0.4 is 0 Å². The van der Waals surface area contributed by atoms with Crippen molar-refractivity contribution in [3.8, 4) is 0 Å². The molecule has 3 rings (SSSR count). The van der Waals surface area contributed by atoms with Gasteiger partial charge < -0.3 is 5.11 Å². The van der Waals surface area contributed by atoms with Gasteiger partial charge in [-0.3, -0.25) is 9.78 Å². The summed E-state index contributed by atoms with van der Waals surface area (Å²) in [7, 11) is 0. The summed E-state index contributed by atoms with van der Waals surface area (Å²) < 4.78 is 0. The Kier molecular flexibility index (Phi) is 3.20. The Morgan fingerprint density at radius 2 is 1.48 bits per heavy atom. The summed E-state index contributed by atoms with van der Waals surface area (Å²) in [4.78, 5) is 28.2. The number of para-hydroxylation sites is 1. The second-order valence-corrected chi connectivity index (χ2v) is 4.56. The van der Waals surface area contributed by atoms with Gasteiger partial charge in [-0.25, -0.2) is 4.79 Å². The maximum Gasteiger partial charge on any atom is 0.336 e. The number of hydrogen-bond acceptors (Lipinski definition) is 3. The van der Waals surface area contributed by atoms with Crippen LogP contribution in [-0.2, 0) is 0 Å². The Labute approximate surface area is 120 Å². The molecule has 1 N–H and O–H groups in total. The highest BCUT2D eigenvalue weighted by atomic mass is 16.4. The molecule has 2 aromatic carbocycles. The first-order valence-electron chi connectivity index (χ1n) is 6.39. The molecule has 0 amide bonds. The molecule has 0 aliphatic heterocycles. The van der Waals surface area contributed by atoms with Gasteiger partial charge in [0.15, 0.2) is 5.78 Å². The predicted molar refractivity (Wildman–Crippen MR) is 78.6 cm³/mol. The molecule has 1 aromatic heterocycles. The number of fused-ring (bicyclic) bond motifs is 1. The molecule has 0 aliphatic carbocycles. The van der Waals surface area contributed by atoms with Crippen molar-refractivity contribution in [1.82, 2.24) is 4.98 Å². The Morgan fingerprint density at radius 1 is 0.810 bits per heavy atom. The van der Waals surface area contributed by atoms with Gasteiger partial charge in [0.2, 0.25) is 0 Å². The second-order valence-electron chi connectivity index (χ2n) is 4.56. The molecule has 0 atom stereocenters. The lowest BCUT2D eigenvalue weighted by Gasteiger charge is -2.07. The van der Waals surface area contributed by atoms with Gasteiger partial charge in [0.25, 0.3) is 0 Å². The summed E-state index contributed by atoms with van der Waals surface area (Å²) in [5.74, 6) is -1.43. The number of carbonyl (C=O) groups is 2. The highest BCUT2D eigenvalue weighted by Gasteiger charge is 2.19. The molecule has 0 bridgehead atoms. The first-order valence-corrected chi connectivity index (χ1v) is 6.39. The van der Waals surface area contributed by atoms with Gasteiger partial charge in [-0.1, -0.05) is 36.4 Å². The van der Waals surface area contributed by atoms with Crippen LogP contribution in [0, 0.1) is 0 Å². The number of nitrogens with zero attached hydrogens (tertiary/aromatic N) is 1. The molecule has 0 saturated carbocycles. The van der Waals surface area contributed by atoms with Crippen LogP contribution in [0.2, 0.25) is 0 Å². The Hall–Kier alpha value is -3.01. The third-order valence-electron chi connectivity index (χ3n) is 3.30. The number of carboxylic acids is 1. The zero-order chi connectivity index (χ0) is 14.8. The van der Waals surface area contributed by atoms with E-state index >= 15 is 0 Å². The first kappa shape index (κ1) is 13.0. The molecule has 0 unspecified atom stereocenters. The molecule has 0 spiro atoms. The van der Waals surface area contributed by atoms with Crippen molar-refractivity contribution in [3.05, 3.63) is 77.5 Å². The van der Waals surface area contributed by atoms with Crippen LogP contribution in [0.1, 0.15) is 26.3 Å². The summed E-state index contributed by atoms with van der Waals surface area (Å²) in [6, 6.07) is 15.1. The van der Waals surface area contributed by atoms with Crippen molar-refractivity contribution < 1.29 is 14.7 Å². The lowest BCUT2D eigenvalue weighted by molar-refractivity contribution is 0.0693. The van der Waals surface area contributed by atoms with E-state index in [-0.39, 0.29) is 16.9 Å². The highest BCUT2D eigenvalue weighted by molar-refractivity contribution is 6.19. The number of aromatic nitrogens is 1. The number of rotatable bonds is 3. The number of carboxylic acid groups (broad SMARTS) is 1. The number of hydrogen-bond donors (Lipinski definition) is 1. The molecule has 0 aliphatic rings. The maximum absolute atomic E-state index is 12.7. The fourth-order valence-corrected chi connectivity index (χ4v) is 2.31. The number of pyridine rings is 1. The average Bonchev–Trinajstić information content (AvgIpc) is 2.53. The van der Waals surface area contributed by atoms with Crippen molar-refractivity contribution in [2.75, 3.05) is 0 Å². The summed E-state index contributed by atoms with van der Waals surface area (Å²) >= 11 is 0. The largest absolute Gasteiger partial charge is 0.478 e. The summed E-state index contributed by atoms with van der Waals surface area (Å²) in [5.41, 5.74) is 1.34. The number of benzene rings is 2. The average molecular weight is 277 g/mol. The predicted octanol–water partition coefficient (Wildman–Crippen LogP) is 3.16. The van der Waals surface area contributed by atoms with Gasteiger partial charge in [0.1, 0.15) is 0 Å². The van der Waals surface area contributed by atoms with E-state index in [1.807, 2.05) is 18.2 Å². The van der Waals surface area contributed by atoms with E-state index in [1.54, 1.807) is 30.5 Å². The van der Waals surface area contributed by atoms with Crippen LogP contribution in [0.15, 0.2) is 60.8 Å². The van der Waals surface area contributed by atoms with E-state index in [4.69, 9.17) is 0 Å². The quantitative estimate of drug-likeness (QED) is 0.747. The molecule has 4 heteroatoms. The molecule has 21 heavy (non-hydrogen) atoms. The molecule has 1 heterocycles. The molecule has 3 aromatic rings. The normalized spacial score (nSPS) is 10.5. The fourth-order valence-electron chi connectivity index (χ4n) is 2.31. The van der Waals surface area contributed by atoms with Gasteiger partial charge in [0.05, 0.1) is 11.1 Å². The van der Waals surface area contributed by atoms with Crippen molar-refractivity contribution in [3.63, 3.8) is 0 Å². The summed E-state index contributed by atoms with van der Waals surface area (Å²) in [5, 5.41) is 9.92. The van der Waals surface area contributed by atoms with Crippen LogP contribution in [-0.4, -0.2) is 21.8 Å². The van der Waals surface area contributed by atoms with Crippen molar-refractivity contribution in [1.29, 1.82) is 0 Å².